The van der Waals surface area contributed by atoms with Gasteiger partial charge in [-0.05, 0) is 49.3 Å². The fourth-order valence-electron chi connectivity index (χ4n) is 3.95. The Labute approximate surface area is 167 Å². The molecule has 29 heavy (non-hydrogen) atoms. The molecule has 0 radical (unpaired) electrons. The van der Waals surface area contributed by atoms with Crippen LogP contribution in [-0.2, 0) is 6.42 Å². The second-order valence-corrected chi connectivity index (χ2v) is 7.41. The summed E-state index contributed by atoms with van der Waals surface area (Å²) in [6, 6.07) is 11.1. The average molecular weight is 396 g/mol. The quantitative estimate of drug-likeness (QED) is 0.702. The summed E-state index contributed by atoms with van der Waals surface area (Å²) in [4.78, 5) is 19.2. The van der Waals surface area contributed by atoms with Gasteiger partial charge in [-0.25, -0.2) is 13.8 Å². The minimum Gasteiger partial charge on any atom is -0.338 e. The van der Waals surface area contributed by atoms with Crippen LogP contribution < -0.4 is 0 Å². The Hall–Kier alpha value is -3.09. The van der Waals surface area contributed by atoms with Gasteiger partial charge in [0.2, 0.25) is 0 Å². The Balaban J connectivity index is 1.44. The SMILES string of the molecule is O=C(c1ccccc1-c1ncn[nH]1)N1CCC[C@@H](CCc2ccc(F)cc2F)C1. The van der Waals surface area contributed by atoms with Crippen molar-refractivity contribution in [3.63, 3.8) is 0 Å². The zero-order valence-corrected chi connectivity index (χ0v) is 15.9. The molecule has 1 fully saturated rings. The fraction of sp³-hybridized carbons (Fsp3) is 0.318. The topological polar surface area (TPSA) is 61.9 Å². The van der Waals surface area contributed by atoms with Gasteiger partial charge < -0.3 is 4.90 Å². The largest absolute Gasteiger partial charge is 0.338 e. The second kappa shape index (κ2) is 8.51. The molecule has 0 unspecified atom stereocenters. The van der Waals surface area contributed by atoms with Crippen molar-refractivity contribution in [2.45, 2.75) is 25.7 Å². The third-order valence-corrected chi connectivity index (χ3v) is 5.47. The first-order valence-corrected chi connectivity index (χ1v) is 9.80. The van der Waals surface area contributed by atoms with Crippen LogP contribution in [0.3, 0.4) is 0 Å². The van der Waals surface area contributed by atoms with E-state index < -0.39 is 11.6 Å². The first kappa shape index (κ1) is 19.2. The number of H-pyrrole nitrogens is 1. The van der Waals surface area contributed by atoms with Crippen molar-refractivity contribution >= 4 is 5.91 Å². The number of rotatable bonds is 5. The van der Waals surface area contributed by atoms with Gasteiger partial charge >= 0.3 is 0 Å². The number of carbonyl (C=O) groups excluding carboxylic acids is 1. The number of amides is 1. The lowest BCUT2D eigenvalue weighted by molar-refractivity contribution is 0.0669. The van der Waals surface area contributed by atoms with Crippen molar-refractivity contribution in [1.29, 1.82) is 0 Å². The van der Waals surface area contributed by atoms with Crippen molar-refractivity contribution in [3.8, 4) is 11.4 Å². The van der Waals surface area contributed by atoms with E-state index in [4.69, 9.17) is 0 Å². The molecule has 3 aromatic rings. The number of halogens is 2. The molecule has 5 nitrogen and oxygen atoms in total. The predicted octanol–water partition coefficient (Wildman–Crippen LogP) is 4.23. The Morgan fingerprint density at radius 2 is 2.07 bits per heavy atom. The number of likely N-dealkylation sites (tertiary alicyclic amines) is 1. The minimum absolute atomic E-state index is 0.0327. The maximum Gasteiger partial charge on any atom is 0.254 e. The van der Waals surface area contributed by atoms with Gasteiger partial charge in [-0.3, -0.25) is 9.89 Å². The van der Waals surface area contributed by atoms with Gasteiger partial charge in [-0.2, -0.15) is 5.10 Å². The van der Waals surface area contributed by atoms with E-state index in [-0.39, 0.29) is 11.8 Å². The van der Waals surface area contributed by atoms with Crippen LogP contribution in [0.25, 0.3) is 11.4 Å². The monoisotopic (exact) mass is 396 g/mol. The molecule has 1 amide bonds. The fourth-order valence-corrected chi connectivity index (χ4v) is 3.95. The molecule has 0 saturated carbocycles. The van der Waals surface area contributed by atoms with E-state index in [1.165, 1.54) is 18.5 Å². The number of hydrogen-bond donors (Lipinski definition) is 1. The summed E-state index contributed by atoms with van der Waals surface area (Å²) in [5.74, 6) is -0.251. The maximum absolute atomic E-state index is 13.9. The molecular weight excluding hydrogens is 374 g/mol. The van der Waals surface area contributed by atoms with Crippen LogP contribution in [0.1, 0.15) is 35.2 Å². The van der Waals surface area contributed by atoms with Crippen LogP contribution in [0.5, 0.6) is 0 Å². The zero-order chi connectivity index (χ0) is 20.2. The highest BCUT2D eigenvalue weighted by Gasteiger charge is 2.26. The number of nitrogens with zero attached hydrogens (tertiary/aromatic N) is 3. The summed E-state index contributed by atoms with van der Waals surface area (Å²) < 4.78 is 27.0. The number of carbonyl (C=O) groups is 1. The van der Waals surface area contributed by atoms with E-state index in [0.29, 0.717) is 36.5 Å². The summed E-state index contributed by atoms with van der Waals surface area (Å²) in [5.41, 5.74) is 1.84. The molecule has 1 aliphatic heterocycles. The smallest absolute Gasteiger partial charge is 0.254 e. The van der Waals surface area contributed by atoms with Gasteiger partial charge in [-0.15, -0.1) is 0 Å². The van der Waals surface area contributed by atoms with Gasteiger partial charge in [0.1, 0.15) is 18.0 Å². The Bertz CT molecular complexity index is 990. The molecule has 2 aromatic carbocycles. The molecule has 0 aliphatic carbocycles. The number of aromatic amines is 1. The number of piperidine rings is 1. The zero-order valence-electron chi connectivity index (χ0n) is 15.9. The third-order valence-electron chi connectivity index (χ3n) is 5.47. The first-order chi connectivity index (χ1) is 14.1. The lowest BCUT2D eigenvalue weighted by atomic mass is 9.91. The van der Waals surface area contributed by atoms with Crippen LogP contribution in [-0.4, -0.2) is 39.1 Å². The molecule has 1 aliphatic rings. The van der Waals surface area contributed by atoms with Crippen molar-refractivity contribution in [2.75, 3.05) is 13.1 Å². The molecule has 1 saturated heterocycles. The lowest BCUT2D eigenvalue weighted by Gasteiger charge is -2.33. The summed E-state index contributed by atoms with van der Waals surface area (Å²) in [6.07, 6.45) is 4.62. The van der Waals surface area contributed by atoms with Crippen LogP contribution in [0, 0.1) is 17.6 Å². The molecule has 0 spiro atoms. The van der Waals surface area contributed by atoms with E-state index in [0.717, 1.165) is 30.9 Å². The molecule has 2 heterocycles. The van der Waals surface area contributed by atoms with E-state index >= 15 is 0 Å². The maximum atomic E-state index is 13.9. The number of nitrogens with one attached hydrogen (secondary N) is 1. The Morgan fingerprint density at radius 3 is 2.86 bits per heavy atom. The van der Waals surface area contributed by atoms with Gasteiger partial charge in [-0.1, -0.05) is 24.3 Å². The standard InChI is InChI=1S/C22H22F2N4O/c23-17-10-9-16(20(24)12-17)8-7-15-4-3-11-28(13-15)22(29)19-6-2-1-5-18(19)21-25-14-26-27-21/h1-2,5-6,9-10,12,14-15H,3-4,7-8,11,13H2,(H,25,26,27)/t15-/m0/s1. The van der Waals surface area contributed by atoms with Crippen LogP contribution >= 0.6 is 0 Å². The molecule has 0 bridgehead atoms. The van der Waals surface area contributed by atoms with E-state index in [2.05, 4.69) is 15.2 Å². The Kier molecular flexibility index (Phi) is 5.64. The van der Waals surface area contributed by atoms with Gasteiger partial charge in [0.25, 0.3) is 5.91 Å². The molecule has 1 atom stereocenters. The van der Waals surface area contributed by atoms with Gasteiger partial charge in [0, 0.05) is 24.7 Å². The molecular formula is C22H22F2N4O. The highest BCUT2D eigenvalue weighted by Crippen LogP contribution is 2.26. The van der Waals surface area contributed by atoms with Gasteiger partial charge in [0.05, 0.1) is 5.56 Å². The highest BCUT2D eigenvalue weighted by molar-refractivity contribution is 6.00. The molecule has 1 aromatic heterocycles. The molecule has 4 rings (SSSR count). The van der Waals surface area contributed by atoms with Crippen molar-refractivity contribution < 1.29 is 13.6 Å². The summed E-state index contributed by atoms with van der Waals surface area (Å²) in [7, 11) is 0. The van der Waals surface area contributed by atoms with Crippen molar-refractivity contribution in [2.24, 2.45) is 5.92 Å². The van der Waals surface area contributed by atoms with Crippen molar-refractivity contribution in [1.82, 2.24) is 20.1 Å². The van der Waals surface area contributed by atoms with Crippen molar-refractivity contribution in [3.05, 3.63) is 71.6 Å². The minimum atomic E-state index is -0.564. The lowest BCUT2D eigenvalue weighted by Crippen LogP contribution is -2.40. The van der Waals surface area contributed by atoms with E-state index in [1.807, 2.05) is 23.1 Å². The van der Waals surface area contributed by atoms with Crippen LogP contribution in [0.4, 0.5) is 8.78 Å². The Morgan fingerprint density at radius 1 is 1.21 bits per heavy atom. The number of aromatic nitrogens is 3. The predicted molar refractivity (Wildman–Crippen MR) is 105 cm³/mol. The second-order valence-electron chi connectivity index (χ2n) is 7.41. The normalized spacial score (nSPS) is 16.8. The summed E-state index contributed by atoms with van der Waals surface area (Å²) in [6.45, 7) is 1.33. The molecule has 1 N–H and O–H groups in total. The van der Waals surface area contributed by atoms with E-state index in [1.54, 1.807) is 6.07 Å². The van der Waals surface area contributed by atoms with Crippen LogP contribution in [0.2, 0.25) is 0 Å². The van der Waals surface area contributed by atoms with Crippen LogP contribution in [0.15, 0.2) is 48.8 Å². The van der Waals surface area contributed by atoms with Gasteiger partial charge in [0.15, 0.2) is 5.82 Å². The van der Waals surface area contributed by atoms with E-state index in [9.17, 15) is 13.6 Å². The number of benzene rings is 2. The average Bonchev–Trinajstić information content (AvgIpc) is 3.28. The molecule has 7 heteroatoms. The summed E-state index contributed by atoms with van der Waals surface area (Å²) >= 11 is 0. The number of hydrogen-bond acceptors (Lipinski definition) is 3. The molecule has 150 valence electrons. The number of aryl methyl sites for hydroxylation is 1. The first-order valence-electron chi connectivity index (χ1n) is 9.80. The third kappa shape index (κ3) is 4.34. The highest BCUT2D eigenvalue weighted by atomic mass is 19.1. The summed E-state index contributed by atoms with van der Waals surface area (Å²) in [5, 5.41) is 6.69.